The Morgan fingerprint density at radius 3 is 2.95 bits per heavy atom. The summed E-state index contributed by atoms with van der Waals surface area (Å²) in [6.07, 6.45) is 0.501. The fraction of sp³-hybridized carbons (Fsp3) is 0.250. The zero-order valence-electron chi connectivity index (χ0n) is 10.1. The van der Waals surface area contributed by atoms with Crippen LogP contribution in [0.1, 0.15) is 22.1 Å². The number of nitrogens with zero attached hydrogens (tertiary/aromatic N) is 2. The quantitative estimate of drug-likeness (QED) is 0.926. The molecule has 0 bridgehead atoms. The second-order valence-electron chi connectivity index (χ2n) is 3.87. The zero-order chi connectivity index (χ0) is 13.8. The monoisotopic (exact) mass is 343 g/mol. The third kappa shape index (κ3) is 3.78. The van der Waals surface area contributed by atoms with Crippen LogP contribution in [0.2, 0.25) is 5.02 Å². The van der Waals surface area contributed by atoms with Crippen LogP contribution in [0.5, 0.6) is 0 Å². The van der Waals surface area contributed by atoms with E-state index in [9.17, 15) is 4.79 Å². The third-order valence-corrected chi connectivity index (χ3v) is 3.59. The summed E-state index contributed by atoms with van der Waals surface area (Å²) in [7, 11) is 0. The number of benzene rings is 1. The van der Waals surface area contributed by atoms with Gasteiger partial charge in [0.25, 0.3) is 5.91 Å². The molecule has 5 nitrogen and oxygen atoms in total. The van der Waals surface area contributed by atoms with Gasteiger partial charge in [-0.25, -0.2) is 0 Å². The molecular weight excluding hydrogens is 334 g/mol. The summed E-state index contributed by atoms with van der Waals surface area (Å²) in [5, 5.41) is 7.01. The summed E-state index contributed by atoms with van der Waals surface area (Å²) in [6, 6.07) is 5.01. The SMILES string of the molecule is Cc1noc(CCNC(=O)c2ccc(Cl)c(Br)c2)n1. The Morgan fingerprint density at radius 2 is 2.32 bits per heavy atom. The van der Waals surface area contributed by atoms with Crippen molar-refractivity contribution >= 4 is 33.4 Å². The van der Waals surface area contributed by atoms with E-state index < -0.39 is 0 Å². The van der Waals surface area contributed by atoms with Crippen LogP contribution in [0.15, 0.2) is 27.2 Å². The van der Waals surface area contributed by atoms with Gasteiger partial charge in [-0.15, -0.1) is 0 Å². The minimum atomic E-state index is -0.173. The first-order chi connectivity index (χ1) is 9.06. The smallest absolute Gasteiger partial charge is 0.251 e. The number of aryl methyl sites for hydroxylation is 1. The fourth-order valence-electron chi connectivity index (χ4n) is 1.46. The summed E-state index contributed by atoms with van der Waals surface area (Å²) in [5.41, 5.74) is 0.540. The lowest BCUT2D eigenvalue weighted by molar-refractivity contribution is 0.0953. The van der Waals surface area contributed by atoms with E-state index in [-0.39, 0.29) is 5.91 Å². The Kier molecular flexibility index (Phi) is 4.55. The molecule has 0 atom stereocenters. The van der Waals surface area contributed by atoms with Gasteiger partial charge in [-0.1, -0.05) is 16.8 Å². The van der Waals surface area contributed by atoms with Gasteiger partial charge in [0.1, 0.15) is 0 Å². The molecule has 0 spiro atoms. The number of aromatic nitrogens is 2. The van der Waals surface area contributed by atoms with E-state index in [4.69, 9.17) is 16.1 Å². The maximum atomic E-state index is 11.9. The standard InChI is InChI=1S/C12H11BrClN3O2/c1-7-16-11(19-17-7)4-5-15-12(18)8-2-3-10(14)9(13)6-8/h2-3,6H,4-5H2,1H3,(H,15,18). The Balaban J connectivity index is 1.89. The van der Waals surface area contributed by atoms with Crippen LogP contribution in [0.25, 0.3) is 0 Å². The highest BCUT2D eigenvalue weighted by Crippen LogP contribution is 2.23. The van der Waals surface area contributed by atoms with E-state index in [0.29, 0.717) is 39.7 Å². The van der Waals surface area contributed by atoms with Crippen molar-refractivity contribution in [3.63, 3.8) is 0 Å². The lowest BCUT2D eigenvalue weighted by atomic mass is 10.2. The van der Waals surface area contributed by atoms with Crippen LogP contribution < -0.4 is 5.32 Å². The number of carbonyl (C=O) groups is 1. The first-order valence-electron chi connectivity index (χ1n) is 5.58. The second-order valence-corrected chi connectivity index (χ2v) is 5.13. The summed E-state index contributed by atoms with van der Waals surface area (Å²) >= 11 is 9.14. The van der Waals surface area contributed by atoms with Gasteiger partial charge in [-0.3, -0.25) is 4.79 Å². The number of carbonyl (C=O) groups excluding carboxylic acids is 1. The van der Waals surface area contributed by atoms with Crippen LogP contribution in [0.4, 0.5) is 0 Å². The third-order valence-electron chi connectivity index (χ3n) is 2.38. The highest BCUT2D eigenvalue weighted by molar-refractivity contribution is 9.10. The minimum Gasteiger partial charge on any atom is -0.352 e. The van der Waals surface area contributed by atoms with Gasteiger partial charge in [0.15, 0.2) is 5.82 Å². The Labute approximate surface area is 123 Å². The van der Waals surface area contributed by atoms with Crippen molar-refractivity contribution in [2.45, 2.75) is 13.3 Å². The molecule has 0 fully saturated rings. The molecule has 19 heavy (non-hydrogen) atoms. The lowest BCUT2D eigenvalue weighted by Gasteiger charge is -2.04. The number of hydrogen-bond donors (Lipinski definition) is 1. The predicted octanol–water partition coefficient (Wildman–Crippen LogP) is 2.77. The van der Waals surface area contributed by atoms with Crippen LogP contribution in [0.3, 0.4) is 0 Å². The normalized spacial score (nSPS) is 10.5. The molecule has 0 radical (unpaired) electrons. The largest absolute Gasteiger partial charge is 0.352 e. The molecule has 1 heterocycles. The molecule has 100 valence electrons. The summed E-state index contributed by atoms with van der Waals surface area (Å²) in [5.74, 6) is 0.923. The molecule has 0 aliphatic carbocycles. The molecule has 2 aromatic rings. The van der Waals surface area contributed by atoms with E-state index >= 15 is 0 Å². The Morgan fingerprint density at radius 1 is 1.53 bits per heavy atom. The molecule has 2 rings (SSSR count). The molecule has 1 amide bonds. The summed E-state index contributed by atoms with van der Waals surface area (Å²) in [4.78, 5) is 15.9. The van der Waals surface area contributed by atoms with Crippen molar-refractivity contribution in [3.8, 4) is 0 Å². The number of nitrogens with one attached hydrogen (secondary N) is 1. The molecule has 0 aliphatic rings. The molecule has 0 saturated carbocycles. The van der Waals surface area contributed by atoms with E-state index in [2.05, 4.69) is 31.4 Å². The summed E-state index contributed by atoms with van der Waals surface area (Å²) in [6.45, 7) is 2.18. The first-order valence-corrected chi connectivity index (χ1v) is 6.76. The average molecular weight is 345 g/mol. The molecule has 0 aliphatic heterocycles. The Hall–Kier alpha value is -1.40. The molecule has 7 heteroatoms. The molecule has 0 unspecified atom stereocenters. The van der Waals surface area contributed by atoms with Crippen molar-refractivity contribution in [3.05, 3.63) is 45.0 Å². The molecule has 1 N–H and O–H groups in total. The number of amides is 1. The van der Waals surface area contributed by atoms with Gasteiger partial charge in [0.2, 0.25) is 5.89 Å². The number of rotatable bonds is 4. The van der Waals surface area contributed by atoms with Crippen molar-refractivity contribution in [2.24, 2.45) is 0 Å². The van der Waals surface area contributed by atoms with Gasteiger partial charge >= 0.3 is 0 Å². The minimum absolute atomic E-state index is 0.173. The van der Waals surface area contributed by atoms with Gasteiger partial charge in [-0.05, 0) is 41.1 Å². The average Bonchev–Trinajstić information content (AvgIpc) is 2.78. The van der Waals surface area contributed by atoms with Crippen molar-refractivity contribution in [1.29, 1.82) is 0 Å². The van der Waals surface area contributed by atoms with Crippen molar-refractivity contribution < 1.29 is 9.32 Å². The molecular formula is C12H11BrClN3O2. The highest BCUT2D eigenvalue weighted by Gasteiger charge is 2.08. The first kappa shape index (κ1) is 14.0. The zero-order valence-corrected chi connectivity index (χ0v) is 12.5. The number of hydrogen-bond acceptors (Lipinski definition) is 4. The maximum Gasteiger partial charge on any atom is 0.251 e. The van der Waals surface area contributed by atoms with Crippen LogP contribution in [0, 0.1) is 6.92 Å². The maximum absolute atomic E-state index is 11.9. The van der Waals surface area contributed by atoms with Crippen LogP contribution in [-0.2, 0) is 6.42 Å². The topological polar surface area (TPSA) is 68.0 Å². The predicted molar refractivity (Wildman–Crippen MR) is 74.2 cm³/mol. The Bertz CT molecular complexity index is 600. The molecule has 0 saturated heterocycles. The van der Waals surface area contributed by atoms with E-state index in [1.165, 1.54) is 0 Å². The van der Waals surface area contributed by atoms with Gasteiger partial charge < -0.3 is 9.84 Å². The fourth-order valence-corrected chi connectivity index (χ4v) is 1.96. The lowest BCUT2D eigenvalue weighted by Crippen LogP contribution is -2.25. The van der Waals surface area contributed by atoms with E-state index in [0.717, 1.165) is 0 Å². The molecule has 1 aromatic heterocycles. The molecule has 1 aromatic carbocycles. The number of halogens is 2. The van der Waals surface area contributed by atoms with Gasteiger partial charge in [0, 0.05) is 23.0 Å². The van der Waals surface area contributed by atoms with Crippen LogP contribution in [-0.4, -0.2) is 22.6 Å². The van der Waals surface area contributed by atoms with Crippen molar-refractivity contribution in [2.75, 3.05) is 6.54 Å². The summed E-state index contributed by atoms with van der Waals surface area (Å²) < 4.78 is 5.64. The van der Waals surface area contributed by atoms with E-state index in [1.54, 1.807) is 25.1 Å². The second kappa shape index (κ2) is 6.16. The van der Waals surface area contributed by atoms with Crippen molar-refractivity contribution in [1.82, 2.24) is 15.5 Å². The van der Waals surface area contributed by atoms with Crippen LogP contribution >= 0.6 is 27.5 Å². The van der Waals surface area contributed by atoms with Gasteiger partial charge in [-0.2, -0.15) is 4.98 Å². The highest BCUT2D eigenvalue weighted by atomic mass is 79.9. The van der Waals surface area contributed by atoms with E-state index in [1.807, 2.05) is 0 Å². The van der Waals surface area contributed by atoms with Gasteiger partial charge in [0.05, 0.1) is 5.02 Å².